The molecule has 0 rings (SSSR count). The van der Waals surface area contributed by atoms with Gasteiger partial charge in [0.15, 0.2) is 0 Å². The van der Waals surface area contributed by atoms with Crippen molar-refractivity contribution in [2.24, 2.45) is 11.5 Å². The number of hydrogen-bond acceptors (Lipinski definition) is 2. The molecule has 0 atom stereocenters. The van der Waals surface area contributed by atoms with Gasteiger partial charge in [0.05, 0.1) is 20.6 Å². The van der Waals surface area contributed by atoms with Crippen LogP contribution in [0.5, 0.6) is 0 Å². The van der Waals surface area contributed by atoms with E-state index in [1.807, 2.05) is 0 Å². The minimum atomic E-state index is -0.347. The summed E-state index contributed by atoms with van der Waals surface area (Å²) in [5.74, 6) is 0. The van der Waals surface area contributed by atoms with Gasteiger partial charge >= 0.3 is 6.03 Å². The van der Waals surface area contributed by atoms with Crippen LogP contribution in [0.1, 0.15) is 0 Å². The van der Waals surface area contributed by atoms with Crippen molar-refractivity contribution >= 4 is 6.03 Å². The summed E-state index contributed by atoms with van der Waals surface area (Å²) in [6.45, 7) is 1.07. The molecule has 0 heterocycles. The molecule has 0 aromatic heterocycles. The Hall–Kier alpha value is -0.610. The first-order valence-electron chi connectivity index (χ1n) is 2.84. The van der Waals surface area contributed by atoms with Crippen LogP contribution < -0.4 is 11.5 Å². The first kappa shape index (κ1) is 8.39. The van der Waals surface area contributed by atoms with Gasteiger partial charge in [-0.3, -0.25) is 0 Å². The number of nitrogens with two attached hydrogens (primary N) is 2. The van der Waals surface area contributed by atoms with Gasteiger partial charge in [-0.2, -0.15) is 0 Å². The van der Waals surface area contributed by atoms with E-state index in [1.165, 1.54) is 0 Å². The molecule has 2 amide bonds. The Labute approximate surface area is 55.0 Å². The van der Waals surface area contributed by atoms with E-state index in [1.54, 1.807) is 14.1 Å². The molecule has 0 bridgehead atoms. The van der Waals surface area contributed by atoms with Crippen molar-refractivity contribution in [1.29, 1.82) is 0 Å². The maximum Gasteiger partial charge on any atom is 0.413 e. The lowest BCUT2D eigenvalue weighted by atomic mass is 10.5. The normalized spacial score (nSPS) is 11.4. The highest BCUT2D eigenvalue weighted by molar-refractivity contribution is 5.63. The van der Waals surface area contributed by atoms with Crippen molar-refractivity contribution in [2.45, 2.75) is 0 Å². The number of primary amides is 1. The van der Waals surface area contributed by atoms with E-state index in [-0.39, 0.29) is 10.5 Å². The summed E-state index contributed by atoms with van der Waals surface area (Å²) in [5.41, 5.74) is 10.3. The van der Waals surface area contributed by atoms with Crippen LogP contribution in [-0.4, -0.2) is 37.7 Å². The van der Waals surface area contributed by atoms with E-state index >= 15 is 0 Å². The molecule has 0 aliphatic heterocycles. The maximum atomic E-state index is 10.5. The predicted molar refractivity (Wildman–Crippen MR) is 35.6 cm³/mol. The minimum Gasteiger partial charge on any atom is -0.326 e. The zero-order valence-corrected chi connectivity index (χ0v) is 5.92. The maximum absolute atomic E-state index is 10.5. The lowest BCUT2D eigenvalue weighted by Gasteiger charge is -2.22. The van der Waals surface area contributed by atoms with E-state index in [0.717, 1.165) is 0 Å². The molecule has 0 aliphatic carbocycles. The highest BCUT2D eigenvalue weighted by Gasteiger charge is 2.20. The quantitative estimate of drug-likeness (QED) is 0.478. The van der Waals surface area contributed by atoms with Crippen LogP contribution in [0.4, 0.5) is 4.79 Å². The van der Waals surface area contributed by atoms with Gasteiger partial charge in [0.2, 0.25) is 0 Å². The van der Waals surface area contributed by atoms with Crippen LogP contribution >= 0.6 is 0 Å². The van der Waals surface area contributed by atoms with Gasteiger partial charge in [0.25, 0.3) is 0 Å². The van der Waals surface area contributed by atoms with Crippen molar-refractivity contribution in [3.63, 3.8) is 0 Å². The first-order chi connectivity index (χ1) is 4.00. The molecule has 4 heteroatoms. The van der Waals surface area contributed by atoms with Gasteiger partial charge < -0.3 is 11.5 Å². The van der Waals surface area contributed by atoms with E-state index in [9.17, 15) is 4.79 Å². The average molecular weight is 132 g/mol. The van der Waals surface area contributed by atoms with Crippen molar-refractivity contribution in [2.75, 3.05) is 27.2 Å². The fourth-order valence-corrected chi connectivity index (χ4v) is 0.433. The molecule has 0 aliphatic rings. The molecule has 0 radical (unpaired) electrons. The fraction of sp³-hybridized carbons (Fsp3) is 0.800. The molecule has 4 N–H and O–H groups in total. The zero-order chi connectivity index (χ0) is 7.49. The third kappa shape index (κ3) is 2.43. The number of urea groups is 1. The Morgan fingerprint density at radius 3 is 2.11 bits per heavy atom. The lowest BCUT2D eigenvalue weighted by Crippen LogP contribution is -2.51. The summed E-state index contributed by atoms with van der Waals surface area (Å²) in [7, 11) is 3.46. The van der Waals surface area contributed by atoms with Gasteiger partial charge in [-0.25, -0.2) is 9.28 Å². The molecule has 0 aromatic rings. The van der Waals surface area contributed by atoms with Crippen LogP contribution in [-0.2, 0) is 0 Å². The number of rotatable bonds is 2. The van der Waals surface area contributed by atoms with Crippen LogP contribution in [0.2, 0.25) is 0 Å². The molecule has 0 unspecified atom stereocenters. The minimum absolute atomic E-state index is 0.163. The average Bonchev–Trinajstić information content (AvgIpc) is 1.65. The van der Waals surface area contributed by atoms with E-state index in [4.69, 9.17) is 11.5 Å². The van der Waals surface area contributed by atoms with Gasteiger partial charge in [-0.05, 0) is 0 Å². The van der Waals surface area contributed by atoms with E-state index < -0.39 is 0 Å². The molecule has 0 spiro atoms. The smallest absolute Gasteiger partial charge is 0.326 e. The number of likely N-dealkylation sites (N-methyl/N-ethyl adjacent to an activating group) is 1. The molecule has 54 valence electrons. The molecule has 9 heavy (non-hydrogen) atoms. The van der Waals surface area contributed by atoms with Crippen molar-refractivity contribution in [3.05, 3.63) is 0 Å². The van der Waals surface area contributed by atoms with Crippen LogP contribution in [0.15, 0.2) is 0 Å². The molecule has 4 nitrogen and oxygen atoms in total. The Kier molecular flexibility index (Phi) is 2.61. The van der Waals surface area contributed by atoms with Gasteiger partial charge in [-0.15, -0.1) is 0 Å². The monoisotopic (exact) mass is 132 g/mol. The first-order valence-corrected chi connectivity index (χ1v) is 2.84. The zero-order valence-electron chi connectivity index (χ0n) is 5.92. The highest BCUT2D eigenvalue weighted by atomic mass is 16.2. The third-order valence-corrected chi connectivity index (χ3v) is 1.28. The Bertz CT molecular complexity index is 111. The number of hydrogen-bond donors (Lipinski definition) is 2. The van der Waals surface area contributed by atoms with Crippen LogP contribution in [0.3, 0.4) is 0 Å². The summed E-state index contributed by atoms with van der Waals surface area (Å²) >= 11 is 0. The number of nitrogens with zero attached hydrogens (tertiary/aromatic N) is 1. The summed E-state index contributed by atoms with van der Waals surface area (Å²) in [6.07, 6.45) is 0. The topological polar surface area (TPSA) is 69.1 Å². The van der Waals surface area contributed by atoms with Crippen molar-refractivity contribution < 1.29 is 9.28 Å². The summed E-state index contributed by atoms with van der Waals surface area (Å²) in [5, 5.41) is 0. The largest absolute Gasteiger partial charge is 0.413 e. The summed E-state index contributed by atoms with van der Waals surface area (Å²) in [6, 6.07) is -0.347. The Morgan fingerprint density at radius 2 is 2.00 bits per heavy atom. The number of amides is 2. The number of carbonyl (C=O) groups is 1. The van der Waals surface area contributed by atoms with E-state index in [0.29, 0.717) is 13.1 Å². The second-order valence-corrected chi connectivity index (χ2v) is 2.54. The lowest BCUT2D eigenvalue weighted by molar-refractivity contribution is -0.806. The van der Waals surface area contributed by atoms with Crippen molar-refractivity contribution in [1.82, 2.24) is 0 Å². The Morgan fingerprint density at radius 1 is 1.56 bits per heavy atom. The molecule has 0 fully saturated rings. The second-order valence-electron chi connectivity index (χ2n) is 2.54. The summed E-state index contributed by atoms with van der Waals surface area (Å²) < 4.78 is 0.163. The molecule has 0 aromatic carbocycles. The second kappa shape index (κ2) is 2.80. The molecular weight excluding hydrogens is 118 g/mol. The summed E-state index contributed by atoms with van der Waals surface area (Å²) in [4.78, 5) is 10.5. The third-order valence-electron chi connectivity index (χ3n) is 1.28. The van der Waals surface area contributed by atoms with Gasteiger partial charge in [0, 0.05) is 6.54 Å². The van der Waals surface area contributed by atoms with Gasteiger partial charge in [0.1, 0.15) is 0 Å². The Balaban J connectivity index is 3.85. The van der Waals surface area contributed by atoms with Crippen molar-refractivity contribution in [3.8, 4) is 0 Å². The van der Waals surface area contributed by atoms with Gasteiger partial charge in [-0.1, -0.05) is 0 Å². The molecule has 0 saturated carbocycles. The van der Waals surface area contributed by atoms with Crippen LogP contribution in [0.25, 0.3) is 0 Å². The predicted octanol–water partition coefficient (Wildman–Crippen LogP) is -0.900. The fourth-order valence-electron chi connectivity index (χ4n) is 0.433. The molecule has 0 saturated heterocycles. The molecular formula is C5H14N3O+. The highest BCUT2D eigenvalue weighted by Crippen LogP contribution is 1.92. The van der Waals surface area contributed by atoms with Crippen LogP contribution in [0, 0.1) is 0 Å². The SMILES string of the molecule is C[N+](C)(CCN)C(N)=O. The standard InChI is InChI=1S/C5H13N3O/c1-8(2,4-3-6)5(7)9/h3-4,6H2,1-2H3,(H-,7,9)/p+1. The van der Waals surface area contributed by atoms with E-state index in [2.05, 4.69) is 0 Å². The number of carbonyl (C=O) groups excluding carboxylic acids is 1. The number of quaternary nitrogens is 1.